The van der Waals surface area contributed by atoms with E-state index in [1.54, 1.807) is 29.2 Å². The molecule has 0 saturated carbocycles. The predicted octanol–water partition coefficient (Wildman–Crippen LogP) is 2.40. The molecule has 0 unspecified atom stereocenters. The maximum absolute atomic E-state index is 12.4. The van der Waals surface area contributed by atoms with Crippen LogP contribution in [0.1, 0.15) is 16.8 Å². The normalized spacial score (nSPS) is 17.9. The zero-order valence-electron chi connectivity index (χ0n) is 11.1. The van der Waals surface area contributed by atoms with Crippen LogP contribution in [0, 0.1) is 0 Å². The van der Waals surface area contributed by atoms with E-state index in [9.17, 15) is 18.0 Å². The lowest BCUT2D eigenvalue weighted by Crippen LogP contribution is -2.38. The molecule has 0 aromatic heterocycles. The molecule has 1 amide bonds. The van der Waals surface area contributed by atoms with Crippen LogP contribution in [0.4, 0.5) is 13.2 Å². The van der Waals surface area contributed by atoms with E-state index in [1.165, 1.54) is 4.90 Å². The van der Waals surface area contributed by atoms with Crippen molar-refractivity contribution in [3.05, 3.63) is 35.9 Å². The van der Waals surface area contributed by atoms with Gasteiger partial charge in [-0.1, -0.05) is 18.2 Å². The van der Waals surface area contributed by atoms with E-state index in [4.69, 9.17) is 0 Å². The van der Waals surface area contributed by atoms with Gasteiger partial charge in [0.2, 0.25) is 0 Å². The maximum Gasteiger partial charge on any atom is 0.401 e. The van der Waals surface area contributed by atoms with E-state index in [2.05, 4.69) is 0 Å². The minimum Gasteiger partial charge on any atom is -0.337 e. The van der Waals surface area contributed by atoms with Crippen molar-refractivity contribution in [2.45, 2.75) is 12.6 Å². The van der Waals surface area contributed by atoms with Gasteiger partial charge < -0.3 is 4.90 Å². The standard InChI is InChI=1S/C14H17F3N2O/c15-14(16,17)11-18-7-4-8-19(10-9-18)13(20)12-5-2-1-3-6-12/h1-3,5-6H,4,7-11H2. The Bertz CT molecular complexity index is 447. The average molecular weight is 286 g/mol. The Morgan fingerprint density at radius 2 is 1.75 bits per heavy atom. The van der Waals surface area contributed by atoms with E-state index in [0.29, 0.717) is 31.6 Å². The summed E-state index contributed by atoms with van der Waals surface area (Å²) < 4.78 is 37.1. The molecule has 0 spiro atoms. The summed E-state index contributed by atoms with van der Waals surface area (Å²) in [5.74, 6) is -0.112. The summed E-state index contributed by atoms with van der Waals surface area (Å²) in [5, 5.41) is 0. The van der Waals surface area contributed by atoms with Crippen molar-refractivity contribution in [1.29, 1.82) is 0 Å². The van der Waals surface area contributed by atoms with Crippen molar-refractivity contribution in [3.63, 3.8) is 0 Å². The van der Waals surface area contributed by atoms with E-state index in [0.717, 1.165) is 0 Å². The highest BCUT2D eigenvalue weighted by Crippen LogP contribution is 2.18. The van der Waals surface area contributed by atoms with Gasteiger partial charge in [-0.25, -0.2) is 0 Å². The highest BCUT2D eigenvalue weighted by molar-refractivity contribution is 5.94. The largest absolute Gasteiger partial charge is 0.401 e. The molecule has 1 aromatic rings. The summed E-state index contributed by atoms with van der Waals surface area (Å²) in [6, 6.07) is 8.83. The molecule has 0 aliphatic carbocycles. The van der Waals surface area contributed by atoms with Crippen molar-refractivity contribution in [2.24, 2.45) is 0 Å². The molecule has 2 rings (SSSR count). The van der Waals surface area contributed by atoms with Gasteiger partial charge in [-0.05, 0) is 18.6 Å². The highest BCUT2D eigenvalue weighted by atomic mass is 19.4. The molecule has 1 heterocycles. The smallest absolute Gasteiger partial charge is 0.337 e. The second kappa shape index (κ2) is 6.26. The van der Waals surface area contributed by atoms with Gasteiger partial charge in [-0.2, -0.15) is 13.2 Å². The third kappa shape index (κ3) is 4.23. The molecule has 1 aliphatic rings. The van der Waals surface area contributed by atoms with Gasteiger partial charge >= 0.3 is 6.18 Å². The minimum absolute atomic E-state index is 0.112. The average Bonchev–Trinajstić information content (AvgIpc) is 2.63. The number of carbonyl (C=O) groups is 1. The summed E-state index contributed by atoms with van der Waals surface area (Å²) in [7, 11) is 0. The van der Waals surface area contributed by atoms with Crippen LogP contribution in [0.3, 0.4) is 0 Å². The Morgan fingerprint density at radius 1 is 1.05 bits per heavy atom. The third-order valence-corrected chi connectivity index (χ3v) is 3.30. The number of alkyl halides is 3. The Labute approximate surface area is 116 Å². The molecule has 1 aliphatic heterocycles. The molecule has 1 aromatic carbocycles. The van der Waals surface area contributed by atoms with Crippen LogP contribution in [0.2, 0.25) is 0 Å². The number of halogens is 3. The van der Waals surface area contributed by atoms with Crippen molar-refractivity contribution in [2.75, 3.05) is 32.7 Å². The number of hydrogen-bond acceptors (Lipinski definition) is 2. The fourth-order valence-electron chi connectivity index (χ4n) is 2.35. The topological polar surface area (TPSA) is 23.6 Å². The first-order chi connectivity index (χ1) is 9.46. The molecular weight excluding hydrogens is 269 g/mol. The first-order valence-electron chi connectivity index (χ1n) is 6.59. The fraction of sp³-hybridized carbons (Fsp3) is 0.500. The van der Waals surface area contributed by atoms with E-state index >= 15 is 0 Å². The second-order valence-electron chi connectivity index (χ2n) is 4.90. The number of hydrogen-bond donors (Lipinski definition) is 0. The first kappa shape index (κ1) is 14.8. The van der Waals surface area contributed by atoms with E-state index < -0.39 is 12.7 Å². The van der Waals surface area contributed by atoms with Gasteiger partial charge in [0.05, 0.1) is 6.54 Å². The molecule has 20 heavy (non-hydrogen) atoms. The van der Waals surface area contributed by atoms with Crippen LogP contribution in [0.15, 0.2) is 30.3 Å². The van der Waals surface area contributed by atoms with Crippen molar-refractivity contribution >= 4 is 5.91 Å². The Kier molecular flexibility index (Phi) is 4.65. The fourth-order valence-corrected chi connectivity index (χ4v) is 2.35. The van der Waals surface area contributed by atoms with Crippen molar-refractivity contribution in [3.8, 4) is 0 Å². The van der Waals surface area contributed by atoms with Gasteiger partial charge in [0.1, 0.15) is 0 Å². The van der Waals surface area contributed by atoms with Gasteiger partial charge in [-0.3, -0.25) is 9.69 Å². The summed E-state index contributed by atoms with van der Waals surface area (Å²) in [5.41, 5.74) is 0.580. The lowest BCUT2D eigenvalue weighted by molar-refractivity contribution is -0.145. The van der Waals surface area contributed by atoms with Crippen LogP contribution in [0.5, 0.6) is 0 Å². The molecule has 110 valence electrons. The van der Waals surface area contributed by atoms with Crippen LogP contribution in [-0.2, 0) is 0 Å². The third-order valence-electron chi connectivity index (χ3n) is 3.30. The lowest BCUT2D eigenvalue weighted by atomic mass is 10.2. The van der Waals surface area contributed by atoms with Gasteiger partial charge in [-0.15, -0.1) is 0 Å². The molecule has 0 atom stereocenters. The number of amides is 1. The lowest BCUT2D eigenvalue weighted by Gasteiger charge is -2.22. The maximum atomic E-state index is 12.4. The number of nitrogens with zero attached hydrogens (tertiary/aromatic N) is 2. The summed E-state index contributed by atoms with van der Waals surface area (Å²) in [4.78, 5) is 15.2. The summed E-state index contributed by atoms with van der Waals surface area (Å²) in [6.07, 6.45) is -3.62. The molecule has 6 heteroatoms. The zero-order valence-corrected chi connectivity index (χ0v) is 11.1. The van der Waals surface area contributed by atoms with E-state index in [1.807, 2.05) is 6.07 Å². The van der Waals surface area contributed by atoms with Crippen molar-refractivity contribution < 1.29 is 18.0 Å². The summed E-state index contributed by atoms with van der Waals surface area (Å²) in [6.45, 7) is 0.572. The number of benzene rings is 1. The van der Waals surface area contributed by atoms with Crippen LogP contribution in [0.25, 0.3) is 0 Å². The Hall–Kier alpha value is -1.56. The SMILES string of the molecule is O=C(c1ccccc1)N1CCCN(CC(F)(F)F)CC1. The van der Waals surface area contributed by atoms with Crippen molar-refractivity contribution in [1.82, 2.24) is 9.80 Å². The molecule has 0 N–H and O–H groups in total. The van der Waals surface area contributed by atoms with Crippen LogP contribution in [-0.4, -0.2) is 54.6 Å². The number of rotatable bonds is 2. The highest BCUT2D eigenvalue weighted by Gasteiger charge is 2.31. The minimum atomic E-state index is -4.18. The van der Waals surface area contributed by atoms with Gasteiger partial charge in [0.25, 0.3) is 5.91 Å². The monoisotopic (exact) mass is 286 g/mol. The van der Waals surface area contributed by atoms with E-state index in [-0.39, 0.29) is 12.5 Å². The summed E-state index contributed by atoms with van der Waals surface area (Å²) >= 11 is 0. The molecule has 1 saturated heterocycles. The zero-order chi connectivity index (χ0) is 14.6. The molecule has 0 radical (unpaired) electrons. The molecule has 0 bridgehead atoms. The van der Waals surface area contributed by atoms with Gasteiger partial charge in [0.15, 0.2) is 0 Å². The molecular formula is C14H17F3N2O. The second-order valence-corrected chi connectivity index (χ2v) is 4.90. The first-order valence-corrected chi connectivity index (χ1v) is 6.59. The Morgan fingerprint density at radius 3 is 2.40 bits per heavy atom. The quantitative estimate of drug-likeness (QED) is 0.833. The Balaban J connectivity index is 1.94. The number of carbonyl (C=O) groups excluding carboxylic acids is 1. The van der Waals surface area contributed by atoms with Crippen LogP contribution >= 0.6 is 0 Å². The molecule has 1 fully saturated rings. The molecule has 3 nitrogen and oxygen atoms in total. The van der Waals surface area contributed by atoms with Crippen LogP contribution < -0.4 is 0 Å². The predicted molar refractivity (Wildman–Crippen MR) is 69.5 cm³/mol. The van der Waals surface area contributed by atoms with Gasteiger partial charge in [0, 0.05) is 31.7 Å².